The maximum atomic E-state index is 12.9. The van der Waals surface area contributed by atoms with E-state index in [2.05, 4.69) is 20.7 Å². The van der Waals surface area contributed by atoms with Crippen molar-refractivity contribution >= 4 is 22.2 Å². The highest BCUT2D eigenvalue weighted by atomic mass is 32.1. The molecule has 1 unspecified atom stereocenters. The van der Waals surface area contributed by atoms with Gasteiger partial charge in [-0.05, 0) is 57.3 Å². The van der Waals surface area contributed by atoms with Gasteiger partial charge in [-0.1, -0.05) is 11.3 Å². The Bertz CT molecular complexity index is 1030. The number of hydrogen-bond acceptors (Lipinski definition) is 6. The van der Waals surface area contributed by atoms with Gasteiger partial charge in [0, 0.05) is 12.7 Å². The zero-order valence-electron chi connectivity index (χ0n) is 16.1. The van der Waals surface area contributed by atoms with Gasteiger partial charge in [0.05, 0.1) is 18.4 Å². The van der Waals surface area contributed by atoms with Crippen LogP contribution in [0.2, 0.25) is 0 Å². The summed E-state index contributed by atoms with van der Waals surface area (Å²) in [5, 5.41) is 11.4. The van der Waals surface area contributed by atoms with Gasteiger partial charge in [-0.2, -0.15) is 5.10 Å². The van der Waals surface area contributed by atoms with Crippen LogP contribution in [-0.4, -0.2) is 38.2 Å². The van der Waals surface area contributed by atoms with E-state index < -0.39 is 0 Å². The summed E-state index contributed by atoms with van der Waals surface area (Å²) in [6.45, 7) is 6.55. The summed E-state index contributed by atoms with van der Waals surface area (Å²) < 4.78 is 3.37. The number of rotatable bonds is 5. The molecule has 148 valence electrons. The molecule has 1 saturated heterocycles. The van der Waals surface area contributed by atoms with E-state index >= 15 is 0 Å². The van der Waals surface area contributed by atoms with Crippen LogP contribution in [0.3, 0.4) is 0 Å². The molecular weight excluding hydrogens is 376 g/mol. The fraction of sp³-hybridized carbons (Fsp3) is 0.474. The highest BCUT2D eigenvalue weighted by Crippen LogP contribution is 2.14. The molecule has 2 N–H and O–H groups in total. The first-order valence-corrected chi connectivity index (χ1v) is 10.3. The van der Waals surface area contributed by atoms with Gasteiger partial charge in [-0.25, -0.2) is 9.50 Å². The molecule has 9 heteroatoms. The minimum atomic E-state index is -0.362. The molecule has 8 nitrogen and oxygen atoms in total. The van der Waals surface area contributed by atoms with Crippen LogP contribution in [-0.2, 0) is 13.1 Å². The number of piperidine rings is 1. The number of aryl methyl sites for hydroxylation is 2. The number of amides is 1. The zero-order valence-corrected chi connectivity index (χ0v) is 16.9. The number of carbonyl (C=O) groups is 1. The van der Waals surface area contributed by atoms with Gasteiger partial charge in [0.25, 0.3) is 11.5 Å². The predicted octanol–water partition coefficient (Wildman–Crippen LogP) is 1.50. The monoisotopic (exact) mass is 400 g/mol. The van der Waals surface area contributed by atoms with Crippen LogP contribution in [0.25, 0.3) is 4.96 Å². The molecule has 0 saturated carbocycles. The molecule has 1 atom stereocenters. The summed E-state index contributed by atoms with van der Waals surface area (Å²) in [6.07, 6.45) is 5.81. The summed E-state index contributed by atoms with van der Waals surface area (Å²) in [5.41, 5.74) is 1.38. The molecule has 28 heavy (non-hydrogen) atoms. The first-order chi connectivity index (χ1) is 13.5. The van der Waals surface area contributed by atoms with E-state index in [0.29, 0.717) is 23.7 Å². The van der Waals surface area contributed by atoms with Crippen molar-refractivity contribution in [2.45, 2.75) is 39.8 Å². The highest BCUT2D eigenvalue weighted by Gasteiger charge is 2.19. The van der Waals surface area contributed by atoms with Crippen molar-refractivity contribution in [3.05, 3.63) is 50.6 Å². The van der Waals surface area contributed by atoms with E-state index in [1.165, 1.54) is 11.3 Å². The first kappa shape index (κ1) is 18.8. The molecule has 1 aliphatic rings. The smallest absolute Gasteiger partial charge is 0.263 e. The second-order valence-electron chi connectivity index (χ2n) is 7.31. The molecule has 0 bridgehead atoms. The van der Waals surface area contributed by atoms with E-state index in [9.17, 15) is 9.59 Å². The maximum absolute atomic E-state index is 12.9. The molecule has 4 heterocycles. The Labute approximate surface area is 166 Å². The number of carbonyl (C=O) groups excluding carboxylic acids is 1. The van der Waals surface area contributed by atoms with Gasteiger partial charge in [0.1, 0.15) is 10.6 Å². The second-order valence-corrected chi connectivity index (χ2v) is 8.47. The third-order valence-electron chi connectivity index (χ3n) is 5.08. The van der Waals surface area contributed by atoms with Crippen molar-refractivity contribution in [1.29, 1.82) is 0 Å². The predicted molar refractivity (Wildman–Crippen MR) is 108 cm³/mol. The Morgan fingerprint density at radius 3 is 3.04 bits per heavy atom. The molecule has 0 aromatic carbocycles. The van der Waals surface area contributed by atoms with Crippen LogP contribution in [0.4, 0.5) is 0 Å². The van der Waals surface area contributed by atoms with Crippen LogP contribution < -0.4 is 16.2 Å². The fourth-order valence-corrected chi connectivity index (χ4v) is 4.38. The van der Waals surface area contributed by atoms with E-state index in [1.807, 2.05) is 13.0 Å². The second kappa shape index (κ2) is 7.84. The van der Waals surface area contributed by atoms with Crippen molar-refractivity contribution in [3.8, 4) is 0 Å². The quantitative estimate of drug-likeness (QED) is 0.677. The van der Waals surface area contributed by atoms with Gasteiger partial charge in [-0.3, -0.25) is 9.59 Å². The molecular formula is C19H24N6O2S. The lowest BCUT2D eigenvalue weighted by atomic mass is 9.99. The Balaban J connectivity index is 1.48. The van der Waals surface area contributed by atoms with Gasteiger partial charge in [0.15, 0.2) is 0 Å². The molecule has 3 aromatic rings. The van der Waals surface area contributed by atoms with Crippen molar-refractivity contribution in [1.82, 2.24) is 29.8 Å². The Hall–Kier alpha value is -2.52. The largest absolute Gasteiger partial charge is 0.346 e. The Morgan fingerprint density at radius 2 is 2.29 bits per heavy atom. The summed E-state index contributed by atoms with van der Waals surface area (Å²) in [6, 6.07) is 1.84. The van der Waals surface area contributed by atoms with Crippen molar-refractivity contribution < 1.29 is 4.79 Å². The topological polar surface area (TPSA) is 93.3 Å². The summed E-state index contributed by atoms with van der Waals surface area (Å²) in [7, 11) is 0. The lowest BCUT2D eigenvalue weighted by molar-refractivity contribution is 0.0947. The number of aromatic nitrogens is 4. The SMILES string of the molecule is Cc1nn2cc(CNC(=O)c3c(C)ccn(CC4CCCNC4)c3=O)nc2s1. The average Bonchev–Trinajstić information content (AvgIpc) is 3.20. The van der Waals surface area contributed by atoms with E-state index in [-0.39, 0.29) is 23.6 Å². The van der Waals surface area contributed by atoms with Crippen LogP contribution in [0, 0.1) is 19.8 Å². The van der Waals surface area contributed by atoms with Gasteiger partial charge < -0.3 is 15.2 Å². The number of nitrogens with zero attached hydrogens (tertiary/aromatic N) is 4. The summed E-state index contributed by atoms with van der Waals surface area (Å²) in [4.78, 5) is 30.9. The minimum Gasteiger partial charge on any atom is -0.346 e. The molecule has 1 fully saturated rings. The molecule has 1 aliphatic heterocycles. The third-order valence-corrected chi connectivity index (χ3v) is 5.92. The van der Waals surface area contributed by atoms with Crippen molar-refractivity contribution in [3.63, 3.8) is 0 Å². The van der Waals surface area contributed by atoms with E-state index in [4.69, 9.17) is 0 Å². The maximum Gasteiger partial charge on any atom is 0.263 e. The standard InChI is InChI=1S/C19H24N6O2S/c1-12-5-7-24(10-14-4-3-6-20-8-14)18(27)16(12)17(26)21-9-15-11-25-19(22-15)28-13(2)23-25/h5,7,11,14,20H,3-4,6,8-10H2,1-2H3,(H,21,26). The molecule has 4 rings (SSSR count). The van der Waals surface area contributed by atoms with Gasteiger partial charge in [0.2, 0.25) is 4.96 Å². The van der Waals surface area contributed by atoms with Gasteiger partial charge in [-0.15, -0.1) is 0 Å². The molecule has 1 amide bonds. The Kier molecular flexibility index (Phi) is 5.27. The van der Waals surface area contributed by atoms with E-state index in [1.54, 1.807) is 28.4 Å². The third kappa shape index (κ3) is 3.85. The molecule has 0 radical (unpaired) electrons. The lowest BCUT2D eigenvalue weighted by Crippen LogP contribution is -2.37. The Morgan fingerprint density at radius 1 is 1.43 bits per heavy atom. The summed E-state index contributed by atoms with van der Waals surface area (Å²) >= 11 is 1.50. The number of fused-ring (bicyclic) bond motifs is 1. The molecule has 0 spiro atoms. The normalized spacial score (nSPS) is 17.1. The number of pyridine rings is 1. The number of imidazole rings is 1. The van der Waals surface area contributed by atoms with Crippen molar-refractivity contribution in [2.24, 2.45) is 5.92 Å². The average molecular weight is 401 g/mol. The van der Waals surface area contributed by atoms with Crippen LogP contribution in [0.15, 0.2) is 23.3 Å². The lowest BCUT2D eigenvalue weighted by Gasteiger charge is -2.23. The van der Waals surface area contributed by atoms with E-state index in [0.717, 1.165) is 35.9 Å². The zero-order chi connectivity index (χ0) is 19.7. The molecule has 3 aromatic heterocycles. The summed E-state index contributed by atoms with van der Waals surface area (Å²) in [5.74, 6) is 0.0543. The van der Waals surface area contributed by atoms with Crippen LogP contribution in [0.1, 0.15) is 39.5 Å². The van der Waals surface area contributed by atoms with Crippen molar-refractivity contribution in [2.75, 3.05) is 13.1 Å². The highest BCUT2D eigenvalue weighted by molar-refractivity contribution is 7.16. The minimum absolute atomic E-state index is 0.209. The van der Waals surface area contributed by atoms with Crippen LogP contribution >= 0.6 is 11.3 Å². The first-order valence-electron chi connectivity index (χ1n) is 9.52. The van der Waals surface area contributed by atoms with Gasteiger partial charge >= 0.3 is 0 Å². The number of nitrogens with one attached hydrogen (secondary N) is 2. The van der Waals surface area contributed by atoms with Crippen LogP contribution in [0.5, 0.6) is 0 Å². The fourth-order valence-electron chi connectivity index (χ4n) is 3.63. The number of hydrogen-bond donors (Lipinski definition) is 2. The molecule has 0 aliphatic carbocycles.